The molecule has 3 nitrogen and oxygen atoms in total. The molecule has 1 aliphatic carbocycles. The summed E-state index contributed by atoms with van der Waals surface area (Å²) in [5.74, 6) is 0.519. The zero-order chi connectivity index (χ0) is 18.1. The Hall–Kier alpha value is -1.91. The van der Waals surface area contributed by atoms with Gasteiger partial charge in [0, 0.05) is 22.5 Å². The number of rotatable bonds is 3. The number of nitrogens with zero attached hydrogens (tertiary/aromatic N) is 1. The van der Waals surface area contributed by atoms with E-state index < -0.39 is 0 Å². The maximum atomic E-state index is 12.4. The third-order valence-corrected chi connectivity index (χ3v) is 6.49. The lowest BCUT2D eigenvalue weighted by Gasteiger charge is -2.28. The molecule has 1 aliphatic rings. The number of aromatic nitrogens is 1. The van der Waals surface area contributed by atoms with Crippen molar-refractivity contribution >= 4 is 39.1 Å². The van der Waals surface area contributed by atoms with Gasteiger partial charge in [-0.3, -0.25) is 4.79 Å². The first-order valence-electron chi connectivity index (χ1n) is 9.02. The van der Waals surface area contributed by atoms with Gasteiger partial charge in [-0.2, -0.15) is 0 Å². The van der Waals surface area contributed by atoms with Crippen molar-refractivity contribution in [2.45, 2.75) is 44.6 Å². The largest absolute Gasteiger partial charge is 0.349 e. The summed E-state index contributed by atoms with van der Waals surface area (Å²) in [6.45, 7) is 2.01. The van der Waals surface area contributed by atoms with Gasteiger partial charge < -0.3 is 5.32 Å². The molecule has 1 amide bonds. The van der Waals surface area contributed by atoms with Gasteiger partial charge in [-0.1, -0.05) is 29.3 Å². The second kappa shape index (κ2) is 7.37. The lowest BCUT2D eigenvalue weighted by atomic mass is 9.86. The van der Waals surface area contributed by atoms with Gasteiger partial charge in [-0.25, -0.2) is 4.98 Å². The van der Waals surface area contributed by atoms with Crippen LogP contribution in [-0.4, -0.2) is 16.9 Å². The van der Waals surface area contributed by atoms with Crippen LogP contribution < -0.4 is 5.32 Å². The Bertz CT molecular complexity index is 944. The molecule has 134 valence electrons. The highest BCUT2D eigenvalue weighted by Crippen LogP contribution is 2.37. The number of carbonyl (C=O) groups is 1. The molecule has 1 fully saturated rings. The maximum Gasteiger partial charge on any atom is 0.251 e. The van der Waals surface area contributed by atoms with Crippen molar-refractivity contribution in [1.82, 2.24) is 10.3 Å². The first kappa shape index (κ1) is 17.5. The molecule has 1 N–H and O–H groups in total. The molecular weight excluding hydrogens is 364 g/mol. The van der Waals surface area contributed by atoms with E-state index in [0.29, 0.717) is 5.92 Å². The average molecular weight is 385 g/mol. The molecule has 5 heteroatoms. The molecule has 2 aromatic carbocycles. The topological polar surface area (TPSA) is 42.0 Å². The van der Waals surface area contributed by atoms with E-state index >= 15 is 0 Å². The molecule has 0 unspecified atom stereocenters. The van der Waals surface area contributed by atoms with E-state index in [9.17, 15) is 4.79 Å². The van der Waals surface area contributed by atoms with Gasteiger partial charge in [-0.05, 0) is 62.9 Å². The predicted octanol–water partition coefficient (Wildman–Crippen LogP) is 5.71. The van der Waals surface area contributed by atoms with Gasteiger partial charge in [0.25, 0.3) is 5.91 Å². The van der Waals surface area contributed by atoms with E-state index in [4.69, 9.17) is 16.6 Å². The van der Waals surface area contributed by atoms with Gasteiger partial charge in [0.05, 0.1) is 15.2 Å². The van der Waals surface area contributed by atoms with Crippen molar-refractivity contribution < 1.29 is 4.79 Å². The molecule has 26 heavy (non-hydrogen) atoms. The van der Waals surface area contributed by atoms with Crippen molar-refractivity contribution in [1.29, 1.82) is 0 Å². The number of fused-ring (bicyclic) bond motifs is 1. The number of carbonyl (C=O) groups excluding carboxylic acids is 1. The first-order chi connectivity index (χ1) is 12.6. The number of hydrogen-bond donors (Lipinski definition) is 1. The maximum absolute atomic E-state index is 12.4. The highest BCUT2D eigenvalue weighted by atomic mass is 35.5. The Kier molecular flexibility index (Phi) is 4.96. The van der Waals surface area contributed by atoms with Crippen molar-refractivity contribution in [2.75, 3.05) is 0 Å². The summed E-state index contributed by atoms with van der Waals surface area (Å²) in [7, 11) is 0. The normalized spacial score (nSPS) is 20.2. The molecule has 0 aliphatic heterocycles. The number of halogens is 1. The second-order valence-electron chi connectivity index (χ2n) is 7.06. The van der Waals surface area contributed by atoms with E-state index in [-0.39, 0.29) is 11.9 Å². The number of nitrogens with one attached hydrogen (secondary N) is 1. The SMILES string of the molecule is Cc1cccc(C(=O)NC2CCC(c3nc4cc(Cl)ccc4s3)CC2)c1. The first-order valence-corrected chi connectivity index (χ1v) is 10.2. The minimum atomic E-state index is 0.0341. The highest BCUT2D eigenvalue weighted by Gasteiger charge is 2.26. The van der Waals surface area contributed by atoms with E-state index in [1.165, 1.54) is 9.71 Å². The molecular formula is C21H21ClN2OS. The molecule has 0 saturated heterocycles. The zero-order valence-electron chi connectivity index (χ0n) is 14.7. The molecule has 0 spiro atoms. The van der Waals surface area contributed by atoms with Crippen LogP contribution in [0.3, 0.4) is 0 Å². The number of aryl methyl sites for hydroxylation is 1. The molecule has 1 aromatic heterocycles. The van der Waals surface area contributed by atoms with Crippen LogP contribution in [0.25, 0.3) is 10.2 Å². The summed E-state index contributed by atoms with van der Waals surface area (Å²) in [6.07, 6.45) is 4.12. The quantitative estimate of drug-likeness (QED) is 0.627. The van der Waals surface area contributed by atoms with Crippen molar-refractivity contribution in [2.24, 2.45) is 0 Å². The fourth-order valence-corrected chi connectivity index (χ4v) is 4.92. The molecule has 3 aromatic rings. The summed E-state index contributed by atoms with van der Waals surface area (Å²) in [6, 6.07) is 13.9. The predicted molar refractivity (Wildman–Crippen MR) is 108 cm³/mol. The summed E-state index contributed by atoms with van der Waals surface area (Å²) >= 11 is 7.83. The average Bonchev–Trinajstić information content (AvgIpc) is 3.05. The van der Waals surface area contributed by atoms with Crippen LogP contribution in [0.4, 0.5) is 0 Å². The van der Waals surface area contributed by atoms with Crippen LogP contribution >= 0.6 is 22.9 Å². The Balaban J connectivity index is 1.38. The van der Waals surface area contributed by atoms with Crippen molar-refractivity contribution in [3.8, 4) is 0 Å². The fourth-order valence-electron chi connectivity index (χ4n) is 3.63. The number of benzene rings is 2. The van der Waals surface area contributed by atoms with Crippen LogP contribution in [0.2, 0.25) is 5.02 Å². The fraction of sp³-hybridized carbons (Fsp3) is 0.333. The minimum Gasteiger partial charge on any atom is -0.349 e. The van der Waals surface area contributed by atoms with Crippen LogP contribution in [-0.2, 0) is 0 Å². The van der Waals surface area contributed by atoms with Crippen LogP contribution in [0.15, 0.2) is 42.5 Å². The number of hydrogen-bond acceptors (Lipinski definition) is 3. The standard InChI is InChI=1S/C21H21ClN2OS/c1-13-3-2-4-15(11-13)20(25)23-17-8-5-14(6-9-17)21-24-18-12-16(22)7-10-19(18)26-21/h2-4,7,10-12,14,17H,5-6,8-9H2,1H3,(H,23,25). The molecule has 1 heterocycles. The molecule has 0 atom stereocenters. The summed E-state index contributed by atoms with van der Waals surface area (Å²) < 4.78 is 1.19. The Labute approximate surface area is 162 Å². The molecule has 4 rings (SSSR count). The van der Waals surface area contributed by atoms with Crippen molar-refractivity contribution in [3.05, 3.63) is 63.6 Å². The summed E-state index contributed by atoms with van der Waals surface area (Å²) in [5, 5.41) is 5.13. The third kappa shape index (κ3) is 3.76. The number of thiazole rings is 1. The minimum absolute atomic E-state index is 0.0341. The van der Waals surface area contributed by atoms with Crippen LogP contribution in [0.1, 0.15) is 52.5 Å². The highest BCUT2D eigenvalue weighted by molar-refractivity contribution is 7.18. The summed E-state index contributed by atoms with van der Waals surface area (Å²) in [4.78, 5) is 17.2. The summed E-state index contributed by atoms with van der Waals surface area (Å²) in [5.41, 5.74) is 2.85. The zero-order valence-corrected chi connectivity index (χ0v) is 16.2. The van der Waals surface area contributed by atoms with E-state index in [2.05, 4.69) is 5.32 Å². The Morgan fingerprint density at radius 1 is 1.15 bits per heavy atom. The molecule has 1 saturated carbocycles. The molecule has 0 radical (unpaired) electrons. The Morgan fingerprint density at radius 3 is 2.73 bits per heavy atom. The smallest absolute Gasteiger partial charge is 0.251 e. The lowest BCUT2D eigenvalue weighted by molar-refractivity contribution is 0.0925. The van der Waals surface area contributed by atoms with Gasteiger partial charge >= 0.3 is 0 Å². The van der Waals surface area contributed by atoms with E-state index in [0.717, 1.165) is 47.3 Å². The van der Waals surface area contributed by atoms with Crippen LogP contribution in [0, 0.1) is 6.92 Å². The Morgan fingerprint density at radius 2 is 1.96 bits per heavy atom. The lowest BCUT2D eigenvalue weighted by Crippen LogP contribution is -2.37. The van der Waals surface area contributed by atoms with Gasteiger partial charge in [-0.15, -0.1) is 11.3 Å². The monoisotopic (exact) mass is 384 g/mol. The van der Waals surface area contributed by atoms with E-state index in [1.807, 2.05) is 49.4 Å². The van der Waals surface area contributed by atoms with E-state index in [1.54, 1.807) is 11.3 Å². The van der Waals surface area contributed by atoms with Gasteiger partial charge in [0.15, 0.2) is 0 Å². The van der Waals surface area contributed by atoms with Crippen LogP contribution in [0.5, 0.6) is 0 Å². The second-order valence-corrected chi connectivity index (χ2v) is 8.55. The van der Waals surface area contributed by atoms with Gasteiger partial charge in [0.1, 0.15) is 0 Å². The molecule has 0 bridgehead atoms. The van der Waals surface area contributed by atoms with Gasteiger partial charge in [0.2, 0.25) is 0 Å². The number of amides is 1. The van der Waals surface area contributed by atoms with Crippen molar-refractivity contribution in [3.63, 3.8) is 0 Å². The third-order valence-electron chi connectivity index (χ3n) is 5.06.